The molecule has 0 radical (unpaired) electrons. The van der Waals surface area contributed by atoms with Gasteiger partial charge < -0.3 is 5.32 Å². The minimum absolute atomic E-state index is 0.0122. The van der Waals surface area contributed by atoms with Crippen molar-refractivity contribution in [3.8, 4) is 0 Å². The van der Waals surface area contributed by atoms with E-state index in [9.17, 15) is 4.79 Å². The Morgan fingerprint density at radius 1 is 1.48 bits per heavy atom. The fourth-order valence-electron chi connectivity index (χ4n) is 2.79. The highest BCUT2D eigenvalue weighted by Gasteiger charge is 2.39. The Kier molecular flexibility index (Phi) is 4.13. The van der Waals surface area contributed by atoms with Crippen molar-refractivity contribution >= 4 is 33.2 Å². The molecule has 1 amide bonds. The molecule has 0 spiro atoms. The molecule has 3 rings (SSSR count). The number of hydrogen-bond donors (Lipinski definition) is 1. The molecule has 1 N–H and O–H groups in total. The largest absolute Gasteiger partial charge is 0.350 e. The van der Waals surface area contributed by atoms with Gasteiger partial charge >= 0.3 is 0 Å². The number of amides is 1. The predicted octanol–water partition coefficient (Wildman–Crippen LogP) is 4.07. The number of carbonyl (C=O) groups excluding carboxylic acids is 1. The van der Waals surface area contributed by atoms with Crippen molar-refractivity contribution in [2.75, 3.05) is 6.54 Å². The minimum atomic E-state index is -0.0122. The van der Waals surface area contributed by atoms with Gasteiger partial charge in [0.15, 0.2) is 0 Å². The quantitative estimate of drug-likeness (QED) is 0.888. The lowest BCUT2D eigenvalue weighted by atomic mass is 9.64. The first-order chi connectivity index (χ1) is 10.1. The zero-order valence-electron chi connectivity index (χ0n) is 11.9. The molecule has 0 bridgehead atoms. The number of aromatic nitrogens is 1. The first kappa shape index (κ1) is 14.7. The number of carbonyl (C=O) groups is 1. The lowest BCUT2D eigenvalue weighted by Gasteiger charge is -2.42. The second kappa shape index (κ2) is 5.89. The van der Waals surface area contributed by atoms with Crippen LogP contribution in [-0.2, 0) is 5.41 Å². The number of nitrogens with zero attached hydrogens (tertiary/aromatic N) is 1. The molecule has 1 aliphatic carbocycles. The van der Waals surface area contributed by atoms with Gasteiger partial charge in [-0.05, 0) is 37.5 Å². The van der Waals surface area contributed by atoms with E-state index in [1.165, 1.54) is 23.3 Å². The molecule has 0 aliphatic heterocycles. The number of rotatable bonds is 4. The summed E-state index contributed by atoms with van der Waals surface area (Å²) < 4.78 is 1.09. The lowest BCUT2D eigenvalue weighted by molar-refractivity contribution is 0.0931. The van der Waals surface area contributed by atoms with Crippen LogP contribution in [0.3, 0.4) is 0 Å². The molecule has 0 saturated heterocycles. The Morgan fingerprint density at radius 2 is 2.29 bits per heavy atom. The summed E-state index contributed by atoms with van der Waals surface area (Å²) in [5.74, 6) is -0.0122. The number of benzene rings is 1. The second-order valence-corrected chi connectivity index (χ2v) is 7.72. The zero-order valence-corrected chi connectivity index (χ0v) is 14.3. The average Bonchev–Trinajstić information content (AvgIpc) is 2.84. The topological polar surface area (TPSA) is 42.0 Å². The predicted molar refractivity (Wildman–Crippen MR) is 88.9 cm³/mol. The molecule has 1 aromatic carbocycles. The summed E-state index contributed by atoms with van der Waals surface area (Å²) >= 11 is 4.97. The molecule has 1 heterocycles. The third-order valence-electron chi connectivity index (χ3n) is 4.18. The fourth-order valence-corrected chi connectivity index (χ4v) is 3.89. The Morgan fingerprint density at radius 3 is 2.86 bits per heavy atom. The van der Waals surface area contributed by atoms with E-state index in [1.807, 2.05) is 13.0 Å². The summed E-state index contributed by atoms with van der Waals surface area (Å²) in [5, 5.41) is 4.01. The van der Waals surface area contributed by atoms with E-state index in [1.54, 1.807) is 6.20 Å². The summed E-state index contributed by atoms with van der Waals surface area (Å²) in [4.78, 5) is 17.0. The van der Waals surface area contributed by atoms with E-state index in [4.69, 9.17) is 0 Å². The summed E-state index contributed by atoms with van der Waals surface area (Å²) in [5.41, 5.74) is 1.41. The van der Waals surface area contributed by atoms with Crippen LogP contribution in [0.1, 0.15) is 39.5 Å². The van der Waals surface area contributed by atoms with Crippen molar-refractivity contribution in [2.24, 2.45) is 0 Å². The van der Waals surface area contributed by atoms with Gasteiger partial charge in [-0.3, -0.25) is 4.79 Å². The summed E-state index contributed by atoms with van der Waals surface area (Å²) in [6.07, 6.45) is 5.14. The third-order valence-corrected chi connectivity index (χ3v) is 5.58. The molecule has 3 nitrogen and oxygen atoms in total. The normalized spacial score (nSPS) is 16.3. The molecule has 0 unspecified atom stereocenters. The van der Waals surface area contributed by atoms with E-state index >= 15 is 0 Å². The molecule has 2 aromatic rings. The number of aryl methyl sites for hydroxylation is 1. The summed E-state index contributed by atoms with van der Waals surface area (Å²) in [7, 11) is 0. The molecule has 1 saturated carbocycles. The van der Waals surface area contributed by atoms with Gasteiger partial charge in [-0.1, -0.05) is 34.5 Å². The number of thiazole rings is 1. The SMILES string of the molecule is Cc1ncc(C(=O)NCC2(c3cccc(Br)c3)CCC2)s1. The first-order valence-corrected chi connectivity index (χ1v) is 8.67. The van der Waals surface area contributed by atoms with Gasteiger partial charge in [0, 0.05) is 16.4 Å². The van der Waals surface area contributed by atoms with Gasteiger partial charge in [0.05, 0.1) is 11.2 Å². The molecular weight excluding hydrogens is 348 g/mol. The molecule has 21 heavy (non-hydrogen) atoms. The second-order valence-electron chi connectivity index (χ2n) is 5.57. The Balaban J connectivity index is 1.72. The van der Waals surface area contributed by atoms with Gasteiger partial charge in [-0.2, -0.15) is 0 Å². The third kappa shape index (κ3) is 3.04. The van der Waals surface area contributed by atoms with Crippen molar-refractivity contribution in [3.05, 3.63) is 50.4 Å². The average molecular weight is 365 g/mol. The molecule has 1 fully saturated rings. The van der Waals surface area contributed by atoms with E-state index in [2.05, 4.69) is 44.4 Å². The smallest absolute Gasteiger partial charge is 0.263 e. The van der Waals surface area contributed by atoms with Crippen LogP contribution in [0.25, 0.3) is 0 Å². The minimum Gasteiger partial charge on any atom is -0.350 e. The monoisotopic (exact) mass is 364 g/mol. The summed E-state index contributed by atoms with van der Waals surface area (Å²) in [6.45, 7) is 2.61. The highest BCUT2D eigenvalue weighted by molar-refractivity contribution is 9.10. The maximum atomic E-state index is 12.2. The van der Waals surface area contributed by atoms with Crippen molar-refractivity contribution in [3.63, 3.8) is 0 Å². The van der Waals surface area contributed by atoms with E-state index in [0.29, 0.717) is 11.4 Å². The highest BCUT2D eigenvalue weighted by Crippen LogP contribution is 2.43. The van der Waals surface area contributed by atoms with Crippen LogP contribution in [-0.4, -0.2) is 17.4 Å². The van der Waals surface area contributed by atoms with E-state index < -0.39 is 0 Å². The van der Waals surface area contributed by atoms with Gasteiger partial charge in [0.1, 0.15) is 4.88 Å². The number of hydrogen-bond acceptors (Lipinski definition) is 3. The number of nitrogens with one attached hydrogen (secondary N) is 1. The fraction of sp³-hybridized carbons (Fsp3) is 0.375. The van der Waals surface area contributed by atoms with Gasteiger partial charge in [-0.15, -0.1) is 11.3 Å². The van der Waals surface area contributed by atoms with Crippen LogP contribution in [0.4, 0.5) is 0 Å². The molecule has 5 heteroatoms. The van der Waals surface area contributed by atoms with Crippen LogP contribution < -0.4 is 5.32 Å². The van der Waals surface area contributed by atoms with Crippen molar-refractivity contribution in [1.29, 1.82) is 0 Å². The van der Waals surface area contributed by atoms with Gasteiger partial charge in [0.2, 0.25) is 0 Å². The molecule has 110 valence electrons. The summed E-state index contributed by atoms with van der Waals surface area (Å²) in [6, 6.07) is 8.43. The van der Waals surface area contributed by atoms with Crippen LogP contribution in [0.5, 0.6) is 0 Å². The van der Waals surface area contributed by atoms with Crippen molar-refractivity contribution in [2.45, 2.75) is 31.6 Å². The lowest BCUT2D eigenvalue weighted by Crippen LogP contribution is -2.45. The standard InChI is InChI=1S/C16H17BrN2OS/c1-11-18-9-14(21-11)15(20)19-10-16(6-3-7-16)12-4-2-5-13(17)8-12/h2,4-5,8-9H,3,6-7,10H2,1H3,(H,19,20). The molecule has 1 aliphatic rings. The van der Waals surface area contributed by atoms with Crippen molar-refractivity contribution in [1.82, 2.24) is 10.3 Å². The van der Waals surface area contributed by atoms with Crippen LogP contribution in [0, 0.1) is 6.92 Å². The van der Waals surface area contributed by atoms with Crippen molar-refractivity contribution < 1.29 is 4.79 Å². The van der Waals surface area contributed by atoms with Crippen LogP contribution in [0.2, 0.25) is 0 Å². The van der Waals surface area contributed by atoms with Gasteiger partial charge in [0.25, 0.3) is 5.91 Å². The molecular formula is C16H17BrN2OS. The maximum absolute atomic E-state index is 12.2. The highest BCUT2D eigenvalue weighted by atomic mass is 79.9. The van der Waals surface area contributed by atoms with Crippen LogP contribution >= 0.6 is 27.3 Å². The van der Waals surface area contributed by atoms with Crippen LogP contribution in [0.15, 0.2) is 34.9 Å². The Bertz CT molecular complexity index is 664. The molecule has 1 aromatic heterocycles. The van der Waals surface area contributed by atoms with E-state index in [-0.39, 0.29) is 11.3 Å². The first-order valence-electron chi connectivity index (χ1n) is 7.06. The van der Waals surface area contributed by atoms with Gasteiger partial charge in [-0.25, -0.2) is 4.98 Å². The van der Waals surface area contributed by atoms with E-state index in [0.717, 1.165) is 22.3 Å². The Hall–Kier alpha value is -1.20. The number of halogens is 1. The zero-order chi connectivity index (χ0) is 14.9. The Labute approximate surface area is 136 Å². The maximum Gasteiger partial charge on any atom is 0.263 e. The molecule has 0 atom stereocenters.